The number of rotatable bonds is 3. The Balaban J connectivity index is 1.82. The maximum Gasteiger partial charge on any atom is 0.254 e. The molecule has 3 heteroatoms. The van der Waals surface area contributed by atoms with Crippen molar-refractivity contribution in [3.05, 3.63) is 35.4 Å². The lowest BCUT2D eigenvalue weighted by Gasteiger charge is -2.41. The number of nitrogens with zero attached hydrogens (tertiary/aromatic N) is 1. The van der Waals surface area contributed by atoms with Crippen molar-refractivity contribution in [2.24, 2.45) is 11.7 Å². The first-order valence-electron chi connectivity index (χ1n) is 6.79. The third kappa shape index (κ3) is 1.57. The van der Waals surface area contributed by atoms with E-state index in [1.54, 1.807) is 0 Å². The first-order chi connectivity index (χ1) is 8.68. The molecule has 0 spiro atoms. The molecule has 2 heterocycles. The van der Waals surface area contributed by atoms with Crippen molar-refractivity contribution in [1.82, 2.24) is 4.90 Å². The van der Waals surface area contributed by atoms with Gasteiger partial charge >= 0.3 is 0 Å². The molecule has 1 aromatic rings. The van der Waals surface area contributed by atoms with Gasteiger partial charge in [0.2, 0.25) is 0 Å². The predicted molar refractivity (Wildman–Crippen MR) is 71.4 cm³/mol. The predicted octanol–water partition coefficient (Wildman–Crippen LogP) is 1.81. The monoisotopic (exact) mass is 244 g/mol. The van der Waals surface area contributed by atoms with Gasteiger partial charge in [-0.15, -0.1) is 0 Å². The molecule has 0 radical (unpaired) electrons. The van der Waals surface area contributed by atoms with E-state index in [9.17, 15) is 4.79 Å². The summed E-state index contributed by atoms with van der Waals surface area (Å²) in [6, 6.07) is 7.98. The van der Waals surface area contributed by atoms with Crippen molar-refractivity contribution < 1.29 is 4.79 Å². The molecule has 1 amide bonds. The van der Waals surface area contributed by atoms with E-state index in [0.29, 0.717) is 12.5 Å². The van der Waals surface area contributed by atoms with E-state index in [1.165, 1.54) is 5.56 Å². The van der Waals surface area contributed by atoms with E-state index < -0.39 is 0 Å². The standard InChI is InChI=1S/C15H20N2O/c1-2-11-3-5-13(6-4-11)14(18)17-9-12-7-15(17,8-12)10-16/h3-6,12H,2,7-10,16H2,1H3. The summed E-state index contributed by atoms with van der Waals surface area (Å²) in [6.07, 6.45) is 3.21. The van der Waals surface area contributed by atoms with Crippen LogP contribution in [0.15, 0.2) is 24.3 Å². The minimum absolute atomic E-state index is 0.0226. The van der Waals surface area contributed by atoms with Crippen LogP contribution >= 0.6 is 0 Å². The zero-order valence-corrected chi connectivity index (χ0v) is 10.9. The minimum Gasteiger partial charge on any atom is -0.331 e. The summed E-state index contributed by atoms with van der Waals surface area (Å²) in [6.45, 7) is 3.61. The Morgan fingerprint density at radius 2 is 2.06 bits per heavy atom. The summed E-state index contributed by atoms with van der Waals surface area (Å²) in [4.78, 5) is 14.5. The van der Waals surface area contributed by atoms with Crippen molar-refractivity contribution in [2.45, 2.75) is 31.7 Å². The Kier molecular flexibility index (Phi) is 2.67. The molecule has 0 atom stereocenters. The molecular weight excluding hydrogens is 224 g/mol. The Bertz CT molecular complexity index is 460. The van der Waals surface area contributed by atoms with Crippen LogP contribution in [0, 0.1) is 5.92 Å². The minimum atomic E-state index is -0.0226. The molecule has 2 N–H and O–H groups in total. The third-order valence-corrected chi connectivity index (χ3v) is 4.58. The second kappa shape index (κ2) is 4.09. The topological polar surface area (TPSA) is 46.3 Å². The maximum absolute atomic E-state index is 12.5. The maximum atomic E-state index is 12.5. The van der Waals surface area contributed by atoms with E-state index >= 15 is 0 Å². The first-order valence-corrected chi connectivity index (χ1v) is 6.79. The Hall–Kier alpha value is -1.35. The van der Waals surface area contributed by atoms with E-state index in [0.717, 1.165) is 31.4 Å². The molecular formula is C15H20N2O. The molecule has 18 heavy (non-hydrogen) atoms. The fourth-order valence-corrected chi connectivity index (χ4v) is 3.43. The van der Waals surface area contributed by atoms with Crippen LogP contribution in [0.1, 0.15) is 35.7 Å². The molecule has 96 valence electrons. The van der Waals surface area contributed by atoms with E-state index in [-0.39, 0.29) is 11.4 Å². The van der Waals surface area contributed by atoms with Crippen LogP contribution < -0.4 is 5.73 Å². The highest BCUT2D eigenvalue weighted by Gasteiger charge is 2.56. The molecule has 1 aliphatic carbocycles. The second-order valence-corrected chi connectivity index (χ2v) is 5.67. The average molecular weight is 244 g/mol. The first kappa shape index (κ1) is 11.7. The van der Waals surface area contributed by atoms with Crippen LogP contribution in [0.3, 0.4) is 0 Å². The van der Waals surface area contributed by atoms with Crippen LogP contribution in [0.25, 0.3) is 0 Å². The number of carbonyl (C=O) groups excluding carboxylic acids is 1. The van der Waals surface area contributed by atoms with Crippen molar-refractivity contribution in [3.63, 3.8) is 0 Å². The number of fused-ring (bicyclic) bond motifs is 1. The van der Waals surface area contributed by atoms with Gasteiger partial charge in [0, 0.05) is 18.7 Å². The number of carbonyl (C=O) groups is 1. The molecule has 3 nitrogen and oxygen atoms in total. The number of amides is 1. The van der Waals surface area contributed by atoms with E-state index in [1.807, 2.05) is 29.2 Å². The summed E-state index contributed by atoms with van der Waals surface area (Å²) in [5.74, 6) is 0.843. The van der Waals surface area contributed by atoms with Gasteiger partial charge in [0.25, 0.3) is 5.91 Å². The van der Waals surface area contributed by atoms with Crippen LogP contribution in [0.2, 0.25) is 0 Å². The Labute approximate surface area is 108 Å². The van der Waals surface area contributed by atoms with Gasteiger partial charge in [-0.2, -0.15) is 0 Å². The van der Waals surface area contributed by atoms with Crippen LogP contribution in [0.5, 0.6) is 0 Å². The van der Waals surface area contributed by atoms with Crippen molar-refractivity contribution in [3.8, 4) is 0 Å². The van der Waals surface area contributed by atoms with Crippen LogP contribution in [0.4, 0.5) is 0 Å². The van der Waals surface area contributed by atoms with Gasteiger partial charge in [0.1, 0.15) is 0 Å². The number of benzene rings is 1. The fraction of sp³-hybridized carbons (Fsp3) is 0.533. The lowest BCUT2D eigenvalue weighted by molar-refractivity contribution is 0.0585. The molecule has 3 fully saturated rings. The molecule has 2 bridgehead atoms. The molecule has 0 unspecified atom stereocenters. The van der Waals surface area contributed by atoms with Gasteiger partial charge in [0.05, 0.1) is 5.54 Å². The van der Waals surface area contributed by atoms with Crippen molar-refractivity contribution in [2.75, 3.05) is 13.1 Å². The van der Waals surface area contributed by atoms with Crippen molar-refractivity contribution in [1.29, 1.82) is 0 Å². The van der Waals surface area contributed by atoms with Crippen LogP contribution in [-0.2, 0) is 6.42 Å². The highest BCUT2D eigenvalue weighted by Crippen LogP contribution is 2.50. The highest BCUT2D eigenvalue weighted by atomic mass is 16.2. The zero-order valence-electron chi connectivity index (χ0n) is 10.9. The molecule has 1 saturated carbocycles. The lowest BCUT2D eigenvalue weighted by Crippen LogP contribution is -2.53. The van der Waals surface area contributed by atoms with Gasteiger partial charge in [-0.3, -0.25) is 4.79 Å². The largest absolute Gasteiger partial charge is 0.331 e. The quantitative estimate of drug-likeness (QED) is 0.881. The molecule has 3 aliphatic rings. The summed E-state index contributed by atoms with van der Waals surface area (Å²) >= 11 is 0. The van der Waals surface area contributed by atoms with E-state index in [4.69, 9.17) is 5.73 Å². The molecule has 2 saturated heterocycles. The van der Waals surface area contributed by atoms with E-state index in [2.05, 4.69) is 6.92 Å². The fourth-order valence-electron chi connectivity index (χ4n) is 3.43. The Morgan fingerprint density at radius 3 is 2.61 bits per heavy atom. The molecule has 4 rings (SSSR count). The number of nitrogens with two attached hydrogens (primary N) is 1. The normalized spacial score (nSPS) is 29.2. The summed E-state index contributed by atoms with van der Waals surface area (Å²) in [7, 11) is 0. The average Bonchev–Trinajstić information content (AvgIpc) is 2.93. The molecule has 1 aromatic carbocycles. The number of hydrogen-bond acceptors (Lipinski definition) is 2. The SMILES string of the molecule is CCc1ccc(C(=O)N2CC3CC2(CN)C3)cc1. The van der Waals surface area contributed by atoms with Gasteiger partial charge in [0.15, 0.2) is 0 Å². The smallest absolute Gasteiger partial charge is 0.254 e. The lowest BCUT2D eigenvalue weighted by atomic mass is 9.73. The highest BCUT2D eigenvalue weighted by molar-refractivity contribution is 5.95. The van der Waals surface area contributed by atoms with Crippen LogP contribution in [-0.4, -0.2) is 29.4 Å². The van der Waals surface area contributed by atoms with Crippen molar-refractivity contribution >= 4 is 5.91 Å². The molecule has 0 aromatic heterocycles. The number of hydrogen-bond donors (Lipinski definition) is 1. The second-order valence-electron chi connectivity index (χ2n) is 5.67. The zero-order chi connectivity index (χ0) is 12.8. The van der Waals surface area contributed by atoms with Gasteiger partial charge in [-0.25, -0.2) is 0 Å². The van der Waals surface area contributed by atoms with Gasteiger partial charge < -0.3 is 10.6 Å². The summed E-state index contributed by atoms with van der Waals surface area (Å²) < 4.78 is 0. The number of aryl methyl sites for hydroxylation is 1. The van der Waals surface area contributed by atoms with Gasteiger partial charge in [-0.05, 0) is 42.9 Å². The van der Waals surface area contributed by atoms with Gasteiger partial charge in [-0.1, -0.05) is 19.1 Å². The summed E-state index contributed by atoms with van der Waals surface area (Å²) in [5, 5.41) is 0. The Morgan fingerprint density at radius 1 is 1.39 bits per heavy atom. The third-order valence-electron chi connectivity index (χ3n) is 4.58. The molecule has 2 aliphatic heterocycles. The summed E-state index contributed by atoms with van der Waals surface area (Å²) in [5.41, 5.74) is 7.91.